The highest BCUT2D eigenvalue weighted by Gasteiger charge is 2.17. The van der Waals surface area contributed by atoms with Crippen LogP contribution < -0.4 is 10.2 Å². The van der Waals surface area contributed by atoms with E-state index in [0.717, 1.165) is 17.7 Å². The minimum atomic E-state index is -0.934. The number of pyridine rings is 1. The van der Waals surface area contributed by atoms with E-state index in [1.54, 1.807) is 43.0 Å². The number of amides is 1. The van der Waals surface area contributed by atoms with E-state index in [1.165, 1.54) is 6.07 Å². The Morgan fingerprint density at radius 3 is 2.50 bits per heavy atom. The molecule has 1 aromatic carbocycles. The summed E-state index contributed by atoms with van der Waals surface area (Å²) >= 11 is 0. The summed E-state index contributed by atoms with van der Waals surface area (Å²) in [5.74, 6) is -2.58. The van der Waals surface area contributed by atoms with Gasteiger partial charge in [-0.2, -0.15) is 0 Å². The molecule has 0 spiro atoms. The van der Waals surface area contributed by atoms with Crippen LogP contribution in [0.4, 0.5) is 14.6 Å². The van der Waals surface area contributed by atoms with E-state index in [0.29, 0.717) is 12.8 Å². The molecule has 0 aliphatic heterocycles. The summed E-state index contributed by atoms with van der Waals surface area (Å²) in [4.78, 5) is 28.8. The first kappa shape index (κ1) is 19.0. The largest absolute Gasteiger partial charge is 0.345 e. The molecule has 0 aliphatic rings. The number of hydrogen-bond acceptors (Lipinski definition) is 6. The predicted molar refractivity (Wildman–Crippen MR) is 98.0 cm³/mol. The highest BCUT2D eigenvalue weighted by molar-refractivity contribution is 6.04. The maximum absolute atomic E-state index is 13.6. The van der Waals surface area contributed by atoms with Gasteiger partial charge < -0.3 is 10.2 Å². The number of nitrogens with zero attached hydrogens (tertiary/aromatic N) is 4. The molecule has 28 heavy (non-hydrogen) atoms. The van der Waals surface area contributed by atoms with Crippen LogP contribution in [0, 0.1) is 11.6 Å². The van der Waals surface area contributed by atoms with Crippen LogP contribution >= 0.6 is 0 Å². The number of hydrogen-bond donors (Lipinski definition) is 1. The van der Waals surface area contributed by atoms with Gasteiger partial charge in [0, 0.05) is 24.8 Å². The number of rotatable bonds is 7. The van der Waals surface area contributed by atoms with Gasteiger partial charge in [-0.25, -0.2) is 23.7 Å². The van der Waals surface area contributed by atoms with E-state index in [4.69, 9.17) is 4.84 Å². The van der Waals surface area contributed by atoms with Crippen LogP contribution in [0.5, 0.6) is 6.01 Å². The van der Waals surface area contributed by atoms with Crippen molar-refractivity contribution in [3.8, 4) is 6.01 Å². The second kappa shape index (κ2) is 9.26. The van der Waals surface area contributed by atoms with Gasteiger partial charge in [0.2, 0.25) is 0 Å². The van der Waals surface area contributed by atoms with E-state index in [2.05, 4.69) is 25.4 Å². The van der Waals surface area contributed by atoms with Crippen molar-refractivity contribution in [1.29, 1.82) is 0 Å². The van der Waals surface area contributed by atoms with Crippen molar-refractivity contribution in [3.63, 3.8) is 0 Å². The molecule has 3 rings (SSSR count). The lowest BCUT2D eigenvalue weighted by Crippen LogP contribution is -2.16. The summed E-state index contributed by atoms with van der Waals surface area (Å²) in [5, 5.41) is 6.14. The zero-order valence-corrected chi connectivity index (χ0v) is 14.5. The lowest BCUT2D eigenvalue weighted by Gasteiger charge is -2.07. The summed E-state index contributed by atoms with van der Waals surface area (Å²) in [5.41, 5.74) is 0.240. The molecule has 0 saturated heterocycles. The van der Waals surface area contributed by atoms with Crippen LogP contribution in [0.25, 0.3) is 0 Å². The molecule has 2 aromatic heterocycles. The average molecular weight is 383 g/mol. The van der Waals surface area contributed by atoms with Crippen molar-refractivity contribution in [1.82, 2.24) is 15.0 Å². The molecule has 2 heterocycles. The summed E-state index contributed by atoms with van der Waals surface area (Å²) in [6.45, 7) is 0. The van der Waals surface area contributed by atoms with Gasteiger partial charge in [0.1, 0.15) is 23.0 Å². The Morgan fingerprint density at radius 1 is 1.07 bits per heavy atom. The Kier molecular flexibility index (Phi) is 6.29. The molecule has 0 fully saturated rings. The van der Waals surface area contributed by atoms with Gasteiger partial charge in [-0.1, -0.05) is 17.3 Å². The smallest absolute Gasteiger partial charge is 0.315 e. The molecule has 142 valence electrons. The number of nitrogens with one attached hydrogen (secondary N) is 1. The number of oxime groups is 1. The fourth-order valence-electron chi connectivity index (χ4n) is 2.24. The lowest BCUT2D eigenvalue weighted by atomic mass is 10.1. The molecule has 0 atom stereocenters. The van der Waals surface area contributed by atoms with Crippen LogP contribution in [0.15, 0.2) is 60.1 Å². The number of halogens is 2. The Balaban J connectivity index is 1.50. The fourth-order valence-corrected chi connectivity index (χ4v) is 2.24. The van der Waals surface area contributed by atoms with Crippen molar-refractivity contribution in [2.24, 2.45) is 5.16 Å². The third kappa shape index (κ3) is 5.13. The zero-order valence-electron chi connectivity index (χ0n) is 14.5. The first-order chi connectivity index (χ1) is 13.6. The van der Waals surface area contributed by atoms with Crippen molar-refractivity contribution in [2.75, 3.05) is 5.32 Å². The summed E-state index contributed by atoms with van der Waals surface area (Å²) in [6.07, 6.45) is 7.44. The second-order valence-electron chi connectivity index (χ2n) is 5.55. The Hall–Kier alpha value is -3.75. The zero-order chi connectivity index (χ0) is 19.8. The normalized spacial score (nSPS) is 10.8. The van der Waals surface area contributed by atoms with Gasteiger partial charge in [0.25, 0.3) is 5.91 Å². The number of aromatic nitrogens is 3. The third-order valence-corrected chi connectivity index (χ3v) is 3.57. The van der Waals surface area contributed by atoms with Crippen LogP contribution in [-0.4, -0.2) is 27.1 Å². The molecule has 7 nitrogen and oxygen atoms in total. The molecule has 0 bridgehead atoms. The molecular weight excluding hydrogens is 368 g/mol. The van der Waals surface area contributed by atoms with E-state index in [-0.39, 0.29) is 11.8 Å². The van der Waals surface area contributed by atoms with Crippen LogP contribution in [-0.2, 0) is 6.42 Å². The second-order valence-corrected chi connectivity index (χ2v) is 5.55. The van der Waals surface area contributed by atoms with Crippen LogP contribution in [0.2, 0.25) is 0 Å². The van der Waals surface area contributed by atoms with Gasteiger partial charge >= 0.3 is 6.01 Å². The quantitative estimate of drug-likeness (QED) is 0.499. The maximum atomic E-state index is 13.6. The monoisotopic (exact) mass is 383 g/mol. The highest BCUT2D eigenvalue weighted by atomic mass is 19.1. The minimum Gasteiger partial charge on any atom is -0.315 e. The lowest BCUT2D eigenvalue weighted by molar-refractivity contribution is 0.101. The molecular formula is C19H15F2N5O2. The average Bonchev–Trinajstić information content (AvgIpc) is 2.70. The summed E-state index contributed by atoms with van der Waals surface area (Å²) in [6, 6.07) is 8.35. The van der Waals surface area contributed by atoms with Gasteiger partial charge in [-0.15, -0.1) is 0 Å². The first-order valence-corrected chi connectivity index (χ1v) is 8.29. The van der Waals surface area contributed by atoms with Crippen molar-refractivity contribution < 1.29 is 18.4 Å². The SMILES string of the molecule is O=C(Nc1ccc(CC/C=N/Oc2ncccn2)cn1)c1c(F)cccc1F. The Bertz CT molecular complexity index is 946. The minimum absolute atomic E-state index is 0.159. The van der Waals surface area contributed by atoms with Gasteiger partial charge in [0.05, 0.1) is 0 Å². The first-order valence-electron chi connectivity index (χ1n) is 8.29. The topological polar surface area (TPSA) is 89.4 Å². The summed E-state index contributed by atoms with van der Waals surface area (Å²) in [7, 11) is 0. The molecule has 0 unspecified atom stereocenters. The number of aryl methyl sites for hydroxylation is 1. The number of carbonyl (C=O) groups is 1. The van der Waals surface area contributed by atoms with E-state index in [1.807, 2.05) is 0 Å². The maximum Gasteiger partial charge on any atom is 0.345 e. The van der Waals surface area contributed by atoms with Crippen LogP contribution in [0.1, 0.15) is 22.3 Å². The number of carbonyl (C=O) groups excluding carboxylic acids is 1. The molecule has 0 aliphatic carbocycles. The fraction of sp³-hybridized carbons (Fsp3) is 0.105. The molecule has 1 amide bonds. The van der Waals surface area contributed by atoms with E-state index in [9.17, 15) is 13.6 Å². The van der Waals surface area contributed by atoms with Gasteiger partial charge in [0.15, 0.2) is 0 Å². The van der Waals surface area contributed by atoms with Crippen molar-refractivity contribution >= 4 is 17.9 Å². The van der Waals surface area contributed by atoms with E-state index < -0.39 is 23.1 Å². The van der Waals surface area contributed by atoms with Gasteiger partial charge in [-0.05, 0) is 42.7 Å². The third-order valence-electron chi connectivity index (χ3n) is 3.57. The standard InChI is InChI=1S/C19H15F2N5O2/c20-14-5-1-6-15(21)17(14)18(27)26-16-8-7-13(12-24-16)4-2-11-25-28-19-22-9-3-10-23-19/h1,3,5-12H,2,4H2,(H,24,26,27)/b25-11+. The number of benzene rings is 1. The van der Waals surface area contributed by atoms with E-state index >= 15 is 0 Å². The molecule has 3 aromatic rings. The highest BCUT2D eigenvalue weighted by Crippen LogP contribution is 2.14. The number of anilines is 1. The Labute approximate surface area is 159 Å². The van der Waals surface area contributed by atoms with Gasteiger partial charge in [-0.3, -0.25) is 4.79 Å². The molecule has 9 heteroatoms. The van der Waals surface area contributed by atoms with Crippen molar-refractivity contribution in [2.45, 2.75) is 12.8 Å². The van der Waals surface area contributed by atoms with Crippen LogP contribution in [0.3, 0.4) is 0 Å². The predicted octanol–water partition coefficient (Wildman–Crippen LogP) is 3.40. The molecule has 0 saturated carbocycles. The molecule has 1 N–H and O–H groups in total. The Morgan fingerprint density at radius 2 is 1.82 bits per heavy atom. The molecule has 0 radical (unpaired) electrons. The van der Waals surface area contributed by atoms with Crippen molar-refractivity contribution in [3.05, 3.63) is 77.8 Å². The summed E-state index contributed by atoms with van der Waals surface area (Å²) < 4.78 is 27.3.